The van der Waals surface area contributed by atoms with Gasteiger partial charge in [0, 0.05) is 17.3 Å². The molecule has 1 aromatic heterocycles. The molecule has 0 amide bonds. The molecule has 0 saturated heterocycles. The minimum Gasteiger partial charge on any atom is -0.310 e. The molecule has 0 spiro atoms. The van der Waals surface area contributed by atoms with Gasteiger partial charge in [0.2, 0.25) is 0 Å². The van der Waals surface area contributed by atoms with E-state index in [1.165, 1.54) is 29.7 Å². The third-order valence-electron chi connectivity index (χ3n) is 3.89. The number of nitrogens with zero attached hydrogens (tertiary/aromatic N) is 2. The smallest absolute Gasteiger partial charge is 0.0662 e. The predicted octanol–water partition coefficient (Wildman–Crippen LogP) is 2.92. The molecule has 19 heavy (non-hydrogen) atoms. The fourth-order valence-electron chi connectivity index (χ4n) is 2.97. The number of aromatic nitrogens is 2. The number of fused-ring (bicyclic) bond motifs is 1. The first kappa shape index (κ1) is 12.4. The van der Waals surface area contributed by atoms with Gasteiger partial charge >= 0.3 is 0 Å². The van der Waals surface area contributed by atoms with Crippen LogP contribution in [0.1, 0.15) is 42.6 Å². The summed E-state index contributed by atoms with van der Waals surface area (Å²) in [5, 5.41) is 8.17. The van der Waals surface area contributed by atoms with Crippen LogP contribution in [-0.2, 0) is 13.0 Å². The highest BCUT2D eigenvalue weighted by molar-refractivity contribution is 5.26. The van der Waals surface area contributed by atoms with Crippen molar-refractivity contribution in [3.63, 3.8) is 0 Å². The third kappa shape index (κ3) is 2.56. The molecule has 0 aliphatic heterocycles. The lowest BCUT2D eigenvalue weighted by Gasteiger charge is -2.23. The van der Waals surface area contributed by atoms with Crippen molar-refractivity contribution in [1.82, 2.24) is 15.1 Å². The van der Waals surface area contributed by atoms with E-state index in [-0.39, 0.29) is 0 Å². The summed E-state index contributed by atoms with van der Waals surface area (Å²) in [6.45, 7) is 4.08. The summed E-state index contributed by atoms with van der Waals surface area (Å²) >= 11 is 0. The van der Waals surface area contributed by atoms with E-state index >= 15 is 0 Å². The standard InChI is InChI=1S/C16H21N3/c1-2-17-15-9-6-10-16-14(15)11-18-19(16)12-13-7-4-3-5-8-13/h3-5,7-8,11,15,17H,2,6,9-10,12H2,1H3. The molecule has 3 heteroatoms. The van der Waals surface area contributed by atoms with Crippen LogP contribution in [0, 0.1) is 0 Å². The Morgan fingerprint density at radius 2 is 2.16 bits per heavy atom. The molecule has 1 atom stereocenters. The molecule has 3 rings (SSSR count). The summed E-state index contributed by atoms with van der Waals surface area (Å²) in [5.41, 5.74) is 4.14. The molecule has 0 fully saturated rings. The van der Waals surface area contributed by atoms with Gasteiger partial charge in [-0.1, -0.05) is 37.3 Å². The van der Waals surface area contributed by atoms with Gasteiger partial charge in [0.1, 0.15) is 0 Å². The number of hydrogen-bond acceptors (Lipinski definition) is 2. The quantitative estimate of drug-likeness (QED) is 0.910. The highest BCUT2D eigenvalue weighted by Crippen LogP contribution is 2.29. The number of nitrogens with one attached hydrogen (secondary N) is 1. The molecule has 0 radical (unpaired) electrons. The summed E-state index contributed by atoms with van der Waals surface area (Å²) < 4.78 is 2.17. The number of rotatable bonds is 4. The lowest BCUT2D eigenvalue weighted by atomic mass is 9.93. The van der Waals surface area contributed by atoms with Crippen LogP contribution in [0.2, 0.25) is 0 Å². The van der Waals surface area contributed by atoms with E-state index in [0.29, 0.717) is 6.04 Å². The molecular weight excluding hydrogens is 234 g/mol. The predicted molar refractivity (Wildman–Crippen MR) is 77.1 cm³/mol. The van der Waals surface area contributed by atoms with Crippen molar-refractivity contribution < 1.29 is 0 Å². The average molecular weight is 255 g/mol. The molecule has 3 nitrogen and oxygen atoms in total. The lowest BCUT2D eigenvalue weighted by molar-refractivity contribution is 0.460. The normalized spacial score (nSPS) is 18.3. The zero-order chi connectivity index (χ0) is 13.1. The van der Waals surface area contributed by atoms with E-state index in [1.807, 2.05) is 0 Å². The Bertz CT molecular complexity index is 530. The summed E-state index contributed by atoms with van der Waals surface area (Å²) in [4.78, 5) is 0. The van der Waals surface area contributed by atoms with Crippen molar-refractivity contribution in [3.8, 4) is 0 Å². The van der Waals surface area contributed by atoms with E-state index in [2.05, 4.69) is 58.5 Å². The van der Waals surface area contributed by atoms with E-state index in [0.717, 1.165) is 19.5 Å². The minimum atomic E-state index is 0.498. The number of hydrogen-bond donors (Lipinski definition) is 1. The van der Waals surface area contributed by atoms with E-state index < -0.39 is 0 Å². The van der Waals surface area contributed by atoms with Gasteiger partial charge in [0.25, 0.3) is 0 Å². The largest absolute Gasteiger partial charge is 0.310 e. The minimum absolute atomic E-state index is 0.498. The van der Waals surface area contributed by atoms with Crippen molar-refractivity contribution in [2.45, 2.75) is 38.8 Å². The van der Waals surface area contributed by atoms with Gasteiger partial charge in [0.05, 0.1) is 12.7 Å². The van der Waals surface area contributed by atoms with Crippen LogP contribution < -0.4 is 5.32 Å². The molecule has 100 valence electrons. The van der Waals surface area contributed by atoms with Crippen LogP contribution in [0.25, 0.3) is 0 Å². The molecular formula is C16H21N3. The van der Waals surface area contributed by atoms with Gasteiger partial charge in [-0.2, -0.15) is 5.10 Å². The Hall–Kier alpha value is -1.61. The SMILES string of the molecule is CCNC1CCCc2c1cnn2Cc1ccccc1. The molecule has 1 unspecified atom stereocenters. The van der Waals surface area contributed by atoms with Crippen molar-refractivity contribution >= 4 is 0 Å². The fraction of sp³-hybridized carbons (Fsp3) is 0.438. The number of benzene rings is 1. The topological polar surface area (TPSA) is 29.9 Å². The highest BCUT2D eigenvalue weighted by Gasteiger charge is 2.23. The molecule has 1 aliphatic rings. The third-order valence-corrected chi connectivity index (χ3v) is 3.89. The maximum Gasteiger partial charge on any atom is 0.0662 e. The Balaban J connectivity index is 1.84. The summed E-state index contributed by atoms with van der Waals surface area (Å²) in [6, 6.07) is 11.1. The maximum atomic E-state index is 4.60. The zero-order valence-electron chi connectivity index (χ0n) is 11.5. The summed E-state index contributed by atoms with van der Waals surface area (Å²) in [7, 11) is 0. The van der Waals surface area contributed by atoms with Gasteiger partial charge in [-0.3, -0.25) is 4.68 Å². The van der Waals surface area contributed by atoms with Crippen molar-refractivity contribution in [1.29, 1.82) is 0 Å². The fourth-order valence-corrected chi connectivity index (χ4v) is 2.97. The van der Waals surface area contributed by atoms with E-state index in [1.54, 1.807) is 0 Å². The second kappa shape index (κ2) is 5.57. The Kier molecular flexibility index (Phi) is 3.65. The van der Waals surface area contributed by atoms with Gasteiger partial charge < -0.3 is 5.32 Å². The van der Waals surface area contributed by atoms with Crippen LogP contribution in [0.3, 0.4) is 0 Å². The molecule has 1 heterocycles. The first-order valence-corrected chi connectivity index (χ1v) is 7.20. The van der Waals surface area contributed by atoms with Crippen molar-refractivity contribution in [3.05, 3.63) is 53.3 Å². The van der Waals surface area contributed by atoms with Gasteiger partial charge in [-0.25, -0.2) is 0 Å². The Morgan fingerprint density at radius 1 is 1.32 bits per heavy atom. The molecule has 1 aromatic carbocycles. The molecule has 0 saturated carbocycles. The second-order valence-electron chi connectivity index (χ2n) is 5.19. The Labute approximate surface area is 114 Å². The van der Waals surface area contributed by atoms with Crippen LogP contribution in [0.4, 0.5) is 0 Å². The Morgan fingerprint density at radius 3 is 2.95 bits per heavy atom. The van der Waals surface area contributed by atoms with Gasteiger partial charge in [-0.05, 0) is 31.4 Å². The first-order chi connectivity index (χ1) is 9.38. The summed E-state index contributed by atoms with van der Waals surface area (Å²) in [6.07, 6.45) is 5.71. The first-order valence-electron chi connectivity index (χ1n) is 7.20. The van der Waals surface area contributed by atoms with Crippen LogP contribution in [0.5, 0.6) is 0 Å². The molecule has 2 aromatic rings. The summed E-state index contributed by atoms with van der Waals surface area (Å²) in [5.74, 6) is 0. The van der Waals surface area contributed by atoms with Crippen molar-refractivity contribution in [2.75, 3.05) is 6.54 Å². The monoisotopic (exact) mass is 255 g/mol. The van der Waals surface area contributed by atoms with E-state index in [4.69, 9.17) is 0 Å². The zero-order valence-corrected chi connectivity index (χ0v) is 11.5. The molecule has 0 bridgehead atoms. The lowest BCUT2D eigenvalue weighted by Crippen LogP contribution is -2.25. The van der Waals surface area contributed by atoms with E-state index in [9.17, 15) is 0 Å². The van der Waals surface area contributed by atoms with Crippen LogP contribution >= 0.6 is 0 Å². The average Bonchev–Trinajstić information content (AvgIpc) is 2.85. The second-order valence-corrected chi connectivity index (χ2v) is 5.19. The highest BCUT2D eigenvalue weighted by atomic mass is 15.3. The van der Waals surface area contributed by atoms with Gasteiger partial charge in [0.15, 0.2) is 0 Å². The molecule has 1 N–H and O–H groups in total. The van der Waals surface area contributed by atoms with Crippen LogP contribution in [-0.4, -0.2) is 16.3 Å². The maximum absolute atomic E-state index is 4.60. The van der Waals surface area contributed by atoms with Crippen LogP contribution in [0.15, 0.2) is 36.5 Å². The van der Waals surface area contributed by atoms with Crippen molar-refractivity contribution in [2.24, 2.45) is 0 Å². The molecule has 1 aliphatic carbocycles. The van der Waals surface area contributed by atoms with Gasteiger partial charge in [-0.15, -0.1) is 0 Å².